The van der Waals surface area contributed by atoms with Crippen LogP contribution in [0.3, 0.4) is 0 Å². The summed E-state index contributed by atoms with van der Waals surface area (Å²) >= 11 is 0. The first-order valence-electron chi connectivity index (χ1n) is 9.16. The molecule has 2 aliphatic carbocycles. The number of carbonyl (C=O) groups excluding carboxylic acids is 2. The van der Waals surface area contributed by atoms with Crippen LogP contribution in [0.4, 0.5) is 5.69 Å². The summed E-state index contributed by atoms with van der Waals surface area (Å²) in [5, 5.41) is 5.59. The van der Waals surface area contributed by atoms with Gasteiger partial charge in [-0.05, 0) is 67.6 Å². The second-order valence-corrected chi connectivity index (χ2v) is 7.83. The van der Waals surface area contributed by atoms with E-state index in [9.17, 15) is 9.59 Å². The molecule has 24 heavy (non-hydrogen) atoms. The number of amides is 2. The molecule has 0 aliphatic heterocycles. The Morgan fingerprint density at radius 1 is 1.00 bits per heavy atom. The minimum Gasteiger partial charge on any atom is -0.345 e. The van der Waals surface area contributed by atoms with Gasteiger partial charge in [0.2, 0.25) is 0 Å². The average molecular weight is 328 g/mol. The quantitative estimate of drug-likeness (QED) is 0.828. The SMILES string of the molecule is CC(C)c1ccc(NC(=O)C(=O)NC(C)C2CC3CCC2C3)cc1. The third-order valence-electron chi connectivity index (χ3n) is 5.84. The van der Waals surface area contributed by atoms with Crippen LogP contribution < -0.4 is 10.6 Å². The van der Waals surface area contributed by atoms with Crippen molar-refractivity contribution in [2.75, 3.05) is 5.32 Å². The van der Waals surface area contributed by atoms with Crippen molar-refractivity contribution in [2.24, 2.45) is 17.8 Å². The van der Waals surface area contributed by atoms with Gasteiger partial charge in [0.15, 0.2) is 0 Å². The maximum absolute atomic E-state index is 12.2. The van der Waals surface area contributed by atoms with E-state index in [-0.39, 0.29) is 6.04 Å². The molecule has 0 aromatic heterocycles. The highest BCUT2D eigenvalue weighted by Crippen LogP contribution is 2.49. The van der Waals surface area contributed by atoms with Crippen molar-refractivity contribution in [1.29, 1.82) is 0 Å². The van der Waals surface area contributed by atoms with Gasteiger partial charge in [0, 0.05) is 11.7 Å². The summed E-state index contributed by atoms with van der Waals surface area (Å²) in [6.07, 6.45) is 5.13. The van der Waals surface area contributed by atoms with Crippen LogP contribution in [0.5, 0.6) is 0 Å². The molecule has 2 N–H and O–H groups in total. The highest BCUT2D eigenvalue weighted by atomic mass is 16.2. The lowest BCUT2D eigenvalue weighted by Crippen LogP contribution is -2.45. The molecule has 4 nitrogen and oxygen atoms in total. The van der Waals surface area contributed by atoms with Gasteiger partial charge in [0.25, 0.3) is 0 Å². The predicted molar refractivity (Wildman–Crippen MR) is 95.7 cm³/mol. The molecule has 0 heterocycles. The van der Waals surface area contributed by atoms with Crippen LogP contribution in [-0.2, 0) is 9.59 Å². The van der Waals surface area contributed by atoms with Gasteiger partial charge >= 0.3 is 11.8 Å². The molecule has 130 valence electrons. The van der Waals surface area contributed by atoms with Gasteiger partial charge in [-0.3, -0.25) is 9.59 Å². The molecule has 0 saturated heterocycles. The van der Waals surface area contributed by atoms with Gasteiger partial charge < -0.3 is 10.6 Å². The van der Waals surface area contributed by atoms with Crippen molar-refractivity contribution >= 4 is 17.5 Å². The summed E-state index contributed by atoms with van der Waals surface area (Å²) in [5.41, 5.74) is 1.87. The summed E-state index contributed by atoms with van der Waals surface area (Å²) < 4.78 is 0. The Morgan fingerprint density at radius 2 is 1.71 bits per heavy atom. The fourth-order valence-electron chi connectivity index (χ4n) is 4.42. The molecular formula is C20H28N2O2. The summed E-state index contributed by atoms with van der Waals surface area (Å²) in [4.78, 5) is 24.3. The van der Waals surface area contributed by atoms with E-state index in [4.69, 9.17) is 0 Å². The molecule has 4 heteroatoms. The number of fused-ring (bicyclic) bond motifs is 2. The Bertz CT molecular complexity index is 609. The van der Waals surface area contributed by atoms with Crippen LogP contribution in [0.15, 0.2) is 24.3 Å². The Kier molecular flexibility index (Phi) is 4.93. The first-order valence-corrected chi connectivity index (χ1v) is 9.16. The summed E-state index contributed by atoms with van der Waals surface area (Å²) in [6, 6.07) is 7.73. The number of anilines is 1. The molecule has 3 rings (SSSR count). The van der Waals surface area contributed by atoms with Crippen molar-refractivity contribution in [3.63, 3.8) is 0 Å². The topological polar surface area (TPSA) is 58.2 Å². The normalized spacial score (nSPS) is 26.4. The molecule has 2 amide bonds. The smallest absolute Gasteiger partial charge is 0.313 e. The van der Waals surface area contributed by atoms with Crippen LogP contribution in [0.25, 0.3) is 0 Å². The molecule has 1 aromatic carbocycles. The molecule has 2 aliphatic rings. The number of benzene rings is 1. The third-order valence-corrected chi connectivity index (χ3v) is 5.84. The summed E-state index contributed by atoms with van der Waals surface area (Å²) in [7, 11) is 0. The van der Waals surface area contributed by atoms with E-state index in [1.807, 2.05) is 31.2 Å². The van der Waals surface area contributed by atoms with Gasteiger partial charge in [-0.2, -0.15) is 0 Å². The fraction of sp³-hybridized carbons (Fsp3) is 0.600. The summed E-state index contributed by atoms with van der Waals surface area (Å²) in [6.45, 7) is 6.28. The Labute approximate surface area is 144 Å². The Hall–Kier alpha value is -1.84. The highest BCUT2D eigenvalue weighted by molar-refractivity contribution is 6.39. The van der Waals surface area contributed by atoms with Crippen molar-refractivity contribution in [3.8, 4) is 0 Å². The van der Waals surface area contributed by atoms with Crippen LogP contribution in [0.2, 0.25) is 0 Å². The number of hydrogen-bond donors (Lipinski definition) is 2. The van der Waals surface area contributed by atoms with Crippen molar-refractivity contribution < 1.29 is 9.59 Å². The minimum atomic E-state index is -0.581. The van der Waals surface area contributed by atoms with Crippen LogP contribution in [0, 0.1) is 17.8 Å². The number of hydrogen-bond acceptors (Lipinski definition) is 2. The van der Waals surface area contributed by atoms with Crippen LogP contribution in [0.1, 0.15) is 57.9 Å². The molecule has 2 fully saturated rings. The number of nitrogens with one attached hydrogen (secondary N) is 2. The predicted octanol–water partition coefficient (Wildman–Crippen LogP) is 3.69. The van der Waals surface area contributed by atoms with E-state index in [1.54, 1.807) is 0 Å². The average Bonchev–Trinajstić information content (AvgIpc) is 3.18. The molecular weight excluding hydrogens is 300 g/mol. The van der Waals surface area contributed by atoms with E-state index in [0.29, 0.717) is 17.5 Å². The standard InChI is InChI=1S/C20H28N2O2/c1-12(2)15-6-8-17(9-7-15)22-20(24)19(23)21-13(3)18-11-14-4-5-16(18)10-14/h6-9,12-14,16,18H,4-5,10-11H2,1-3H3,(H,21,23)(H,22,24). The molecule has 0 radical (unpaired) electrons. The van der Waals surface area contributed by atoms with E-state index < -0.39 is 11.8 Å². The number of carbonyl (C=O) groups is 2. The molecule has 2 saturated carbocycles. The second kappa shape index (κ2) is 6.96. The third kappa shape index (κ3) is 3.63. The second-order valence-electron chi connectivity index (χ2n) is 7.83. The van der Waals surface area contributed by atoms with Gasteiger partial charge in [0.1, 0.15) is 0 Å². The zero-order valence-corrected chi connectivity index (χ0v) is 14.8. The Balaban J connectivity index is 1.52. The zero-order chi connectivity index (χ0) is 17.3. The molecule has 1 aromatic rings. The van der Waals surface area contributed by atoms with Crippen LogP contribution in [-0.4, -0.2) is 17.9 Å². The van der Waals surface area contributed by atoms with Crippen molar-refractivity contribution in [2.45, 2.75) is 58.4 Å². The summed E-state index contributed by atoms with van der Waals surface area (Å²) in [5.74, 6) is 1.44. The van der Waals surface area contributed by atoms with E-state index in [1.165, 1.54) is 31.2 Å². The monoisotopic (exact) mass is 328 g/mol. The van der Waals surface area contributed by atoms with E-state index >= 15 is 0 Å². The maximum atomic E-state index is 12.2. The Morgan fingerprint density at radius 3 is 2.25 bits per heavy atom. The van der Waals surface area contributed by atoms with Gasteiger partial charge in [-0.15, -0.1) is 0 Å². The first-order chi connectivity index (χ1) is 11.4. The lowest BCUT2D eigenvalue weighted by molar-refractivity contribution is -0.136. The highest BCUT2D eigenvalue weighted by Gasteiger charge is 2.42. The maximum Gasteiger partial charge on any atom is 0.313 e. The van der Waals surface area contributed by atoms with Crippen LogP contribution >= 0.6 is 0 Å². The first kappa shape index (κ1) is 17.0. The molecule has 4 unspecified atom stereocenters. The van der Waals surface area contributed by atoms with Gasteiger partial charge in [-0.25, -0.2) is 0 Å². The van der Waals surface area contributed by atoms with Gasteiger partial charge in [-0.1, -0.05) is 32.4 Å². The fourth-order valence-corrected chi connectivity index (χ4v) is 4.42. The van der Waals surface area contributed by atoms with E-state index in [0.717, 1.165) is 11.8 Å². The lowest BCUT2D eigenvalue weighted by atomic mass is 9.84. The molecule has 4 atom stereocenters. The molecule has 0 spiro atoms. The lowest BCUT2D eigenvalue weighted by Gasteiger charge is -2.28. The minimum absolute atomic E-state index is 0.0712. The largest absolute Gasteiger partial charge is 0.345 e. The van der Waals surface area contributed by atoms with Crippen molar-refractivity contribution in [3.05, 3.63) is 29.8 Å². The number of rotatable bonds is 4. The zero-order valence-electron chi connectivity index (χ0n) is 14.8. The molecule has 2 bridgehead atoms. The van der Waals surface area contributed by atoms with Crippen molar-refractivity contribution in [1.82, 2.24) is 5.32 Å². The van der Waals surface area contributed by atoms with Gasteiger partial charge in [0.05, 0.1) is 0 Å². The van der Waals surface area contributed by atoms with E-state index in [2.05, 4.69) is 24.5 Å².